The van der Waals surface area contributed by atoms with E-state index in [1.165, 1.54) is 55.5 Å². The molecule has 1 aromatic carbocycles. The number of aromatic nitrogens is 1. The molecule has 1 heteroatoms. The first-order chi connectivity index (χ1) is 19.6. The van der Waals surface area contributed by atoms with Crippen LogP contribution in [-0.2, 0) is 12.8 Å². The first kappa shape index (κ1) is 26.3. The third kappa shape index (κ3) is 3.74. The molecule has 2 aromatic heterocycles. The van der Waals surface area contributed by atoms with Gasteiger partial charge in [0, 0.05) is 33.4 Å². The smallest absolute Gasteiger partial charge is 0.0613 e. The minimum Gasteiger partial charge on any atom is -0.312 e. The fraction of sp³-hybridized carbons (Fsp3) is 0.350. The van der Waals surface area contributed by atoms with Crippen molar-refractivity contribution in [2.24, 2.45) is 23.2 Å². The molecule has 0 fully saturated rings. The largest absolute Gasteiger partial charge is 0.312 e. The monoisotopic (exact) mass is 537 g/mol. The van der Waals surface area contributed by atoms with Crippen molar-refractivity contribution in [3.05, 3.63) is 123 Å². The van der Waals surface area contributed by atoms with E-state index in [9.17, 15) is 0 Å². The van der Waals surface area contributed by atoms with Crippen LogP contribution in [0, 0.1) is 23.2 Å². The standard InChI is InChI=1S/C40H43N/c1-9-16-40(8)17-15-24(3)18-26(5)31-21-33-29-11-10-12-30-34-20-27(6)37(32-19-23(2)13-14-25(32)4)28(7)38(34)41(39(29)30)36(33)22-35(31)40/h9-18,21,23,27,35H,5,19-20,22H2,1-4,6-8H3/b16-9?,17-15-,24-18-. The summed E-state index contributed by atoms with van der Waals surface area (Å²) in [5, 5.41) is 2.84. The number of hydrogen-bond acceptors (Lipinski definition) is 0. The van der Waals surface area contributed by atoms with Crippen molar-refractivity contribution in [1.29, 1.82) is 0 Å². The average molecular weight is 538 g/mol. The molecule has 4 atom stereocenters. The Morgan fingerprint density at radius 1 is 1.00 bits per heavy atom. The van der Waals surface area contributed by atoms with E-state index in [0.29, 0.717) is 17.8 Å². The zero-order valence-electron chi connectivity index (χ0n) is 25.9. The molecule has 0 N–H and O–H groups in total. The SMILES string of the molecule is C=C1/C=C(C)\C=C/C(C)(C=CC)C2Cc3c(c4cccc5c6c(n3c45)C(C)=C(C3=C(C)C=CC(C)C3)C(C)C6)C=C12. The van der Waals surface area contributed by atoms with Crippen LogP contribution in [-0.4, -0.2) is 4.40 Å². The Morgan fingerprint density at radius 2 is 1.78 bits per heavy atom. The van der Waals surface area contributed by atoms with Crippen LogP contribution >= 0.6 is 0 Å². The van der Waals surface area contributed by atoms with Gasteiger partial charge in [-0.25, -0.2) is 0 Å². The molecule has 0 bridgehead atoms. The van der Waals surface area contributed by atoms with E-state index in [-0.39, 0.29) is 5.41 Å². The Morgan fingerprint density at radius 3 is 2.56 bits per heavy atom. The van der Waals surface area contributed by atoms with Crippen LogP contribution < -0.4 is 0 Å². The molecule has 0 saturated heterocycles. The highest BCUT2D eigenvalue weighted by Crippen LogP contribution is 2.52. The normalized spacial score (nSPS) is 30.3. The average Bonchev–Trinajstić information content (AvgIpc) is 3.44. The van der Waals surface area contributed by atoms with Crippen molar-refractivity contribution in [2.75, 3.05) is 0 Å². The molecule has 2 heterocycles. The molecule has 0 radical (unpaired) electrons. The van der Waals surface area contributed by atoms with Crippen molar-refractivity contribution in [3.63, 3.8) is 0 Å². The van der Waals surface area contributed by atoms with Gasteiger partial charge in [0.25, 0.3) is 0 Å². The summed E-state index contributed by atoms with van der Waals surface area (Å²) in [7, 11) is 0. The summed E-state index contributed by atoms with van der Waals surface area (Å²) >= 11 is 0. The molecule has 0 aliphatic heterocycles. The lowest BCUT2D eigenvalue weighted by molar-refractivity contribution is 0.370. The molecule has 0 saturated carbocycles. The fourth-order valence-electron chi connectivity index (χ4n) is 8.64. The number of hydrogen-bond donors (Lipinski definition) is 0. The number of rotatable bonds is 2. The van der Waals surface area contributed by atoms with E-state index in [0.717, 1.165) is 24.8 Å². The Balaban J connectivity index is 1.53. The second-order valence-corrected chi connectivity index (χ2v) is 13.5. The summed E-state index contributed by atoms with van der Waals surface area (Å²) in [6.45, 7) is 20.9. The van der Waals surface area contributed by atoms with E-state index in [4.69, 9.17) is 0 Å². The van der Waals surface area contributed by atoms with Gasteiger partial charge in [-0.3, -0.25) is 0 Å². The van der Waals surface area contributed by atoms with Gasteiger partial charge in [0.2, 0.25) is 0 Å². The van der Waals surface area contributed by atoms with Gasteiger partial charge in [-0.1, -0.05) is 93.7 Å². The van der Waals surface area contributed by atoms with Gasteiger partial charge in [0.1, 0.15) is 0 Å². The Hall–Kier alpha value is -3.58. The van der Waals surface area contributed by atoms with Crippen LogP contribution in [0.15, 0.2) is 101 Å². The minimum absolute atomic E-state index is 0.0876. The lowest BCUT2D eigenvalue weighted by Crippen LogP contribution is -2.31. The Kier molecular flexibility index (Phi) is 5.92. The molecule has 0 amide bonds. The topological polar surface area (TPSA) is 4.41 Å². The predicted octanol–water partition coefficient (Wildman–Crippen LogP) is 10.6. The van der Waals surface area contributed by atoms with Crippen LogP contribution in [0.1, 0.15) is 77.4 Å². The highest BCUT2D eigenvalue weighted by molar-refractivity contribution is 6.07. The summed E-state index contributed by atoms with van der Waals surface area (Å²) in [6.07, 6.45) is 22.1. The lowest BCUT2D eigenvalue weighted by Gasteiger charge is -2.39. The summed E-state index contributed by atoms with van der Waals surface area (Å²) < 4.78 is 2.70. The first-order valence-corrected chi connectivity index (χ1v) is 15.5. The van der Waals surface area contributed by atoms with Crippen molar-refractivity contribution in [3.8, 4) is 0 Å². The molecule has 3 aromatic rings. The summed E-state index contributed by atoms with van der Waals surface area (Å²) in [5.74, 6) is 1.44. The molecule has 7 rings (SSSR count). The highest BCUT2D eigenvalue weighted by Gasteiger charge is 2.40. The number of benzene rings is 1. The van der Waals surface area contributed by atoms with E-state index < -0.39 is 0 Å². The fourth-order valence-corrected chi connectivity index (χ4v) is 8.64. The van der Waals surface area contributed by atoms with E-state index in [1.807, 2.05) is 0 Å². The van der Waals surface area contributed by atoms with Crippen molar-refractivity contribution >= 4 is 27.9 Å². The maximum absolute atomic E-state index is 4.59. The number of fused-ring (bicyclic) bond motifs is 7. The van der Waals surface area contributed by atoms with Gasteiger partial charge in [0.15, 0.2) is 0 Å². The molecule has 208 valence electrons. The molecule has 41 heavy (non-hydrogen) atoms. The van der Waals surface area contributed by atoms with Gasteiger partial charge in [-0.05, 0) is 104 Å². The Labute approximate surface area is 246 Å². The third-order valence-corrected chi connectivity index (χ3v) is 10.6. The van der Waals surface area contributed by atoms with Crippen LogP contribution in [0.3, 0.4) is 0 Å². The van der Waals surface area contributed by atoms with Gasteiger partial charge in [0.05, 0.1) is 11.2 Å². The number of nitrogens with zero attached hydrogens (tertiary/aromatic N) is 1. The maximum atomic E-state index is 4.59. The van der Waals surface area contributed by atoms with Crippen LogP contribution in [0.5, 0.6) is 0 Å². The number of allylic oxidation sites excluding steroid dienone is 14. The molecule has 4 unspecified atom stereocenters. The highest BCUT2D eigenvalue weighted by atomic mass is 14.9. The quantitative estimate of drug-likeness (QED) is 0.286. The second kappa shape index (κ2) is 9.21. The zero-order valence-corrected chi connectivity index (χ0v) is 25.9. The molecule has 4 aliphatic carbocycles. The summed E-state index contributed by atoms with van der Waals surface area (Å²) in [5.41, 5.74) is 17.1. The minimum atomic E-state index is -0.0876. The second-order valence-electron chi connectivity index (χ2n) is 13.5. The van der Waals surface area contributed by atoms with Gasteiger partial charge in [-0.15, -0.1) is 0 Å². The zero-order chi connectivity index (χ0) is 28.8. The van der Waals surface area contributed by atoms with E-state index in [2.05, 4.69) is 126 Å². The van der Waals surface area contributed by atoms with Gasteiger partial charge < -0.3 is 4.40 Å². The molecule has 4 aliphatic rings. The molecule has 0 spiro atoms. The van der Waals surface area contributed by atoms with Crippen molar-refractivity contribution in [1.82, 2.24) is 4.40 Å². The first-order valence-electron chi connectivity index (χ1n) is 15.5. The Bertz CT molecular complexity index is 1850. The molecule has 1 nitrogen and oxygen atoms in total. The van der Waals surface area contributed by atoms with Crippen LogP contribution in [0.4, 0.5) is 0 Å². The third-order valence-electron chi connectivity index (χ3n) is 10.6. The van der Waals surface area contributed by atoms with E-state index in [1.54, 1.807) is 16.7 Å². The summed E-state index contributed by atoms with van der Waals surface area (Å²) in [4.78, 5) is 0. The van der Waals surface area contributed by atoms with Crippen LogP contribution in [0.25, 0.3) is 27.9 Å². The number of para-hydroxylation sites is 1. The summed E-state index contributed by atoms with van der Waals surface area (Å²) in [6, 6.07) is 7.01. The molecular weight excluding hydrogens is 494 g/mol. The van der Waals surface area contributed by atoms with Crippen LogP contribution in [0.2, 0.25) is 0 Å². The maximum Gasteiger partial charge on any atom is 0.0613 e. The van der Waals surface area contributed by atoms with Crippen molar-refractivity contribution < 1.29 is 0 Å². The van der Waals surface area contributed by atoms with E-state index >= 15 is 0 Å². The molecular formula is C40H43N. The van der Waals surface area contributed by atoms with Gasteiger partial charge in [-0.2, -0.15) is 0 Å². The van der Waals surface area contributed by atoms with Gasteiger partial charge >= 0.3 is 0 Å². The lowest BCUT2D eigenvalue weighted by atomic mass is 9.65. The van der Waals surface area contributed by atoms with Crippen molar-refractivity contribution in [2.45, 2.75) is 67.7 Å². The predicted molar refractivity (Wildman–Crippen MR) is 177 cm³/mol.